The second kappa shape index (κ2) is 7.86. The van der Waals surface area contributed by atoms with E-state index < -0.39 is 18.0 Å². The Morgan fingerprint density at radius 1 is 1.09 bits per heavy atom. The second-order valence-corrected chi connectivity index (χ2v) is 9.86. The molecule has 3 aromatic rings. The zero-order valence-corrected chi connectivity index (χ0v) is 19.4. The molecule has 2 aromatic carbocycles. The van der Waals surface area contributed by atoms with E-state index in [2.05, 4.69) is 24.1 Å². The number of nitrogens with one attached hydrogen (secondary N) is 1. The Kier molecular flexibility index (Phi) is 4.98. The maximum Gasteiger partial charge on any atom is 0.390 e. The molecule has 2 aliphatic carbocycles. The van der Waals surface area contributed by atoms with Gasteiger partial charge in [-0.2, -0.15) is 13.2 Å². The molecule has 1 aromatic heterocycles. The molecule has 0 saturated heterocycles. The van der Waals surface area contributed by atoms with Crippen LogP contribution in [0.5, 0.6) is 0 Å². The van der Waals surface area contributed by atoms with Gasteiger partial charge in [-0.25, -0.2) is 0 Å². The van der Waals surface area contributed by atoms with E-state index in [1.54, 1.807) is 6.08 Å². The molecule has 2 heterocycles. The average molecular weight is 475 g/mol. The normalized spacial score (nSPS) is 22.4. The molecule has 0 bridgehead atoms. The predicted octanol–water partition coefficient (Wildman–Crippen LogP) is 5.24. The predicted molar refractivity (Wildman–Crippen MR) is 131 cm³/mol. The van der Waals surface area contributed by atoms with Crippen molar-refractivity contribution in [1.82, 2.24) is 9.88 Å². The van der Waals surface area contributed by atoms with Crippen LogP contribution in [0.3, 0.4) is 0 Å². The number of aromatic nitrogens is 1. The minimum atomic E-state index is -4.21. The lowest BCUT2D eigenvalue weighted by atomic mass is 9.94. The van der Waals surface area contributed by atoms with E-state index in [9.17, 15) is 18.0 Å². The summed E-state index contributed by atoms with van der Waals surface area (Å²) in [6, 6.07) is 13.5. The lowest BCUT2D eigenvalue weighted by Gasteiger charge is -2.21. The van der Waals surface area contributed by atoms with Gasteiger partial charge in [0.25, 0.3) is 5.56 Å². The molecule has 2 atom stereocenters. The Morgan fingerprint density at radius 3 is 2.63 bits per heavy atom. The van der Waals surface area contributed by atoms with E-state index in [-0.39, 0.29) is 11.6 Å². The first kappa shape index (κ1) is 22.2. The molecular weight excluding hydrogens is 449 g/mol. The number of aryl methyl sites for hydroxylation is 2. The fourth-order valence-corrected chi connectivity index (χ4v) is 6.02. The number of hydrogen-bond acceptors (Lipinski definition) is 2. The Bertz CT molecular complexity index is 1500. The van der Waals surface area contributed by atoms with Crippen LogP contribution in [0.15, 0.2) is 58.9 Å². The number of para-hydroxylation sites is 1. The molecule has 6 heteroatoms. The van der Waals surface area contributed by atoms with Crippen molar-refractivity contribution in [3.63, 3.8) is 0 Å². The summed E-state index contributed by atoms with van der Waals surface area (Å²) in [6.45, 7) is 2.52. The first-order chi connectivity index (χ1) is 16.8. The number of rotatable bonds is 3. The Morgan fingerprint density at radius 2 is 1.89 bits per heavy atom. The summed E-state index contributed by atoms with van der Waals surface area (Å²) >= 11 is 0. The third-order valence-electron chi connectivity index (χ3n) is 7.63. The quantitative estimate of drug-likeness (QED) is 0.527. The van der Waals surface area contributed by atoms with E-state index in [1.807, 2.05) is 47.0 Å². The molecule has 35 heavy (non-hydrogen) atoms. The first-order valence-electron chi connectivity index (χ1n) is 12.1. The molecule has 2 unspecified atom stereocenters. The number of pyridine rings is 1. The minimum Gasteiger partial charge on any atom is -0.308 e. The monoisotopic (exact) mass is 474 g/mol. The van der Waals surface area contributed by atoms with Crippen LogP contribution in [-0.4, -0.2) is 23.3 Å². The van der Waals surface area contributed by atoms with Crippen molar-refractivity contribution in [3.05, 3.63) is 86.9 Å². The summed E-state index contributed by atoms with van der Waals surface area (Å²) in [5, 5.41) is 4.82. The van der Waals surface area contributed by atoms with Crippen molar-refractivity contribution >= 4 is 10.8 Å². The van der Waals surface area contributed by atoms with Gasteiger partial charge in [-0.1, -0.05) is 49.1 Å². The smallest absolute Gasteiger partial charge is 0.308 e. The summed E-state index contributed by atoms with van der Waals surface area (Å²) in [7, 11) is 0. The van der Waals surface area contributed by atoms with Crippen molar-refractivity contribution in [1.29, 1.82) is 0 Å². The zero-order valence-electron chi connectivity index (χ0n) is 19.4. The molecule has 1 saturated carbocycles. The summed E-state index contributed by atoms with van der Waals surface area (Å²) < 4.78 is 41.1. The van der Waals surface area contributed by atoms with Crippen LogP contribution in [0.2, 0.25) is 0 Å². The van der Waals surface area contributed by atoms with Crippen molar-refractivity contribution in [2.75, 3.05) is 6.54 Å². The highest BCUT2D eigenvalue weighted by Gasteiger charge is 2.58. The molecule has 1 aliphatic heterocycles. The summed E-state index contributed by atoms with van der Waals surface area (Å²) in [4.78, 5) is 13.9. The highest BCUT2D eigenvalue weighted by molar-refractivity contribution is 5.95. The van der Waals surface area contributed by atoms with Crippen molar-refractivity contribution in [2.24, 2.45) is 5.41 Å². The summed E-state index contributed by atoms with van der Waals surface area (Å²) in [5.74, 6) is 6.27. The highest BCUT2D eigenvalue weighted by atomic mass is 19.4. The minimum absolute atomic E-state index is 0.0913. The van der Waals surface area contributed by atoms with Gasteiger partial charge in [-0.05, 0) is 60.4 Å². The molecule has 0 amide bonds. The highest BCUT2D eigenvalue weighted by Crippen LogP contribution is 2.56. The number of nitrogens with zero attached hydrogens (tertiary/aromatic N) is 1. The molecular formula is C29H25F3N2O. The topological polar surface area (TPSA) is 34.0 Å². The molecule has 6 rings (SSSR count). The Hall–Kier alpha value is -3.30. The van der Waals surface area contributed by atoms with Gasteiger partial charge in [0.05, 0.1) is 11.8 Å². The van der Waals surface area contributed by atoms with Crippen LogP contribution >= 0.6 is 0 Å². The third kappa shape index (κ3) is 3.70. The van der Waals surface area contributed by atoms with Gasteiger partial charge < -0.3 is 5.32 Å². The van der Waals surface area contributed by atoms with Crippen LogP contribution in [-0.2, 0) is 19.3 Å². The van der Waals surface area contributed by atoms with E-state index in [0.717, 1.165) is 41.6 Å². The number of alkyl halides is 3. The SMILES string of the molecule is CCc1c2c3c(ccc(C#CC4=CC5(CC(F)(F)F)CC5NC4)c3c(=O)n1-c1ccccc1)CC2. The van der Waals surface area contributed by atoms with Crippen LogP contribution < -0.4 is 10.9 Å². The van der Waals surface area contributed by atoms with Crippen molar-refractivity contribution in [3.8, 4) is 17.5 Å². The van der Waals surface area contributed by atoms with Gasteiger partial charge in [0.2, 0.25) is 0 Å². The second-order valence-electron chi connectivity index (χ2n) is 9.86. The molecule has 3 aliphatic rings. The number of halogens is 3. The average Bonchev–Trinajstić information content (AvgIpc) is 3.36. The maximum absolute atomic E-state index is 13.9. The third-order valence-corrected chi connectivity index (χ3v) is 7.63. The van der Waals surface area contributed by atoms with E-state index in [0.29, 0.717) is 29.5 Å². The number of hydrogen-bond donors (Lipinski definition) is 1. The molecule has 178 valence electrons. The summed E-state index contributed by atoms with van der Waals surface area (Å²) in [5.41, 5.74) is 4.55. The molecule has 0 spiro atoms. The fraction of sp³-hybridized carbons (Fsp3) is 0.345. The van der Waals surface area contributed by atoms with Crippen LogP contribution in [0.1, 0.15) is 42.1 Å². The molecule has 3 nitrogen and oxygen atoms in total. The van der Waals surface area contributed by atoms with Crippen LogP contribution in [0, 0.1) is 17.3 Å². The van der Waals surface area contributed by atoms with E-state index in [4.69, 9.17) is 0 Å². The van der Waals surface area contributed by atoms with Crippen LogP contribution in [0.4, 0.5) is 13.2 Å². The van der Waals surface area contributed by atoms with Gasteiger partial charge in [0.15, 0.2) is 0 Å². The van der Waals surface area contributed by atoms with Gasteiger partial charge in [-0.3, -0.25) is 9.36 Å². The van der Waals surface area contributed by atoms with Crippen molar-refractivity contribution in [2.45, 2.75) is 51.2 Å². The zero-order chi connectivity index (χ0) is 24.4. The van der Waals surface area contributed by atoms with Crippen molar-refractivity contribution < 1.29 is 13.2 Å². The molecule has 1 N–H and O–H groups in total. The maximum atomic E-state index is 13.9. The van der Waals surface area contributed by atoms with E-state index in [1.165, 1.54) is 5.56 Å². The van der Waals surface area contributed by atoms with Crippen LogP contribution in [0.25, 0.3) is 16.5 Å². The Balaban J connectivity index is 1.50. The van der Waals surface area contributed by atoms with Gasteiger partial charge in [0, 0.05) is 40.5 Å². The summed E-state index contributed by atoms with van der Waals surface area (Å²) in [6.07, 6.45) is -0.319. The van der Waals surface area contributed by atoms with Gasteiger partial charge >= 0.3 is 6.18 Å². The standard InChI is InChI=1S/C29H25F3N2O/c1-2-23-22-13-12-19-10-11-20(26(25(19)22)27(35)34(23)21-6-4-3-5-7-21)9-8-18-14-28(17-29(30,31)32)15-24(28)33-16-18/h3-7,10-11,14,24,33H,2,12-13,15-17H2,1H3. The van der Waals surface area contributed by atoms with E-state index >= 15 is 0 Å². The fourth-order valence-electron chi connectivity index (χ4n) is 6.02. The molecule has 0 radical (unpaired) electrons. The largest absolute Gasteiger partial charge is 0.390 e. The molecule has 1 fully saturated rings. The lowest BCUT2D eigenvalue weighted by molar-refractivity contribution is -0.144. The van der Waals surface area contributed by atoms with Gasteiger partial charge in [-0.15, -0.1) is 0 Å². The lowest BCUT2D eigenvalue weighted by Crippen LogP contribution is -2.31. The number of fused-ring (bicyclic) bond motifs is 1. The number of benzene rings is 2. The Labute approximate surface area is 201 Å². The first-order valence-corrected chi connectivity index (χ1v) is 12.1. The van der Waals surface area contributed by atoms with Gasteiger partial charge in [0.1, 0.15) is 0 Å².